The van der Waals surface area contributed by atoms with Gasteiger partial charge in [0.2, 0.25) is 0 Å². The zero-order valence-corrected chi connectivity index (χ0v) is 18.0. The normalized spacial score (nSPS) is 19.0. The van der Waals surface area contributed by atoms with Gasteiger partial charge in [0, 0.05) is 62.2 Å². The lowest BCUT2D eigenvalue weighted by molar-refractivity contribution is 0.447. The lowest BCUT2D eigenvalue weighted by atomic mass is 9.98. The molecular formula is C24H28FN7. The minimum Gasteiger partial charge on any atom is -0.368 e. The largest absolute Gasteiger partial charge is 0.368 e. The summed E-state index contributed by atoms with van der Waals surface area (Å²) in [5.41, 5.74) is 3.54. The Labute approximate surface area is 187 Å². The highest BCUT2D eigenvalue weighted by molar-refractivity contribution is 5.68. The molecule has 2 aromatic heterocycles. The summed E-state index contributed by atoms with van der Waals surface area (Å²) >= 11 is 0. The van der Waals surface area contributed by atoms with E-state index < -0.39 is 0 Å². The van der Waals surface area contributed by atoms with Gasteiger partial charge in [-0.05, 0) is 43.7 Å². The smallest absolute Gasteiger partial charge is 0.135 e. The lowest BCUT2D eigenvalue weighted by Crippen LogP contribution is -2.43. The van der Waals surface area contributed by atoms with E-state index in [0.29, 0.717) is 11.5 Å². The maximum absolute atomic E-state index is 13.7. The van der Waals surface area contributed by atoms with E-state index in [1.165, 1.54) is 12.1 Å². The summed E-state index contributed by atoms with van der Waals surface area (Å²) in [5, 5.41) is 10.1. The van der Waals surface area contributed by atoms with Crippen LogP contribution in [0.5, 0.6) is 0 Å². The van der Waals surface area contributed by atoms with Gasteiger partial charge >= 0.3 is 0 Å². The van der Waals surface area contributed by atoms with Crippen molar-refractivity contribution < 1.29 is 4.39 Å². The Hall–Kier alpha value is -3.10. The summed E-state index contributed by atoms with van der Waals surface area (Å²) in [7, 11) is 0. The van der Waals surface area contributed by atoms with E-state index in [1.807, 2.05) is 24.5 Å². The second-order valence-corrected chi connectivity index (χ2v) is 8.34. The van der Waals surface area contributed by atoms with E-state index in [1.54, 1.807) is 6.07 Å². The summed E-state index contributed by atoms with van der Waals surface area (Å²) in [6.07, 6.45) is 5.91. The van der Waals surface area contributed by atoms with Gasteiger partial charge in [-0.2, -0.15) is 0 Å². The first-order valence-electron chi connectivity index (χ1n) is 11.3. The molecule has 0 spiro atoms. The van der Waals surface area contributed by atoms with Gasteiger partial charge in [-0.15, -0.1) is 0 Å². The number of hydrogen-bond donors (Lipinski definition) is 3. The van der Waals surface area contributed by atoms with Crippen LogP contribution in [-0.2, 0) is 0 Å². The standard InChI is InChI=1S/C24H28FN7/c25-19-4-1-5-20(12-19)29-23-13-22(30-24(31-23)17-3-2-6-27-14-17)18-11-21(16-28-15-18)32-9-7-26-8-10-32/h1,4-5,11-13,15-17,26-27H,2-3,6-10,14H2,(H,29,30,31). The van der Waals surface area contributed by atoms with Crippen molar-refractivity contribution in [3.05, 3.63) is 60.4 Å². The van der Waals surface area contributed by atoms with Crippen molar-refractivity contribution in [1.29, 1.82) is 0 Å². The van der Waals surface area contributed by atoms with Gasteiger partial charge in [-0.1, -0.05) is 6.07 Å². The van der Waals surface area contributed by atoms with E-state index in [9.17, 15) is 4.39 Å². The fourth-order valence-corrected chi connectivity index (χ4v) is 4.31. The maximum Gasteiger partial charge on any atom is 0.135 e. The van der Waals surface area contributed by atoms with Crippen LogP contribution in [0.3, 0.4) is 0 Å². The second-order valence-electron chi connectivity index (χ2n) is 8.34. The van der Waals surface area contributed by atoms with Gasteiger partial charge in [0.1, 0.15) is 17.5 Å². The third kappa shape index (κ3) is 4.87. The number of benzene rings is 1. The van der Waals surface area contributed by atoms with Crippen molar-refractivity contribution in [2.45, 2.75) is 18.8 Å². The van der Waals surface area contributed by atoms with Crippen LogP contribution in [0.1, 0.15) is 24.6 Å². The molecule has 2 saturated heterocycles. The topological polar surface area (TPSA) is 78.0 Å². The number of pyridine rings is 1. The number of nitrogens with zero attached hydrogens (tertiary/aromatic N) is 4. The molecule has 0 aliphatic carbocycles. The van der Waals surface area contributed by atoms with Crippen LogP contribution in [0.2, 0.25) is 0 Å². The summed E-state index contributed by atoms with van der Waals surface area (Å²) in [5.74, 6) is 1.44. The molecule has 5 rings (SSSR count). The van der Waals surface area contributed by atoms with Gasteiger partial charge in [0.15, 0.2) is 0 Å². The van der Waals surface area contributed by atoms with E-state index in [0.717, 1.165) is 74.9 Å². The molecule has 2 aliphatic rings. The Morgan fingerprint density at radius 1 is 1.00 bits per heavy atom. The molecule has 1 atom stereocenters. The SMILES string of the molecule is Fc1cccc(Nc2cc(-c3cncc(N4CCNCC4)c3)nc(C3CCCNC3)n2)c1. The van der Waals surface area contributed by atoms with Crippen LogP contribution in [0.15, 0.2) is 48.8 Å². The molecular weight excluding hydrogens is 405 g/mol. The maximum atomic E-state index is 13.7. The fraction of sp³-hybridized carbons (Fsp3) is 0.375. The van der Waals surface area contributed by atoms with Crippen molar-refractivity contribution in [1.82, 2.24) is 25.6 Å². The number of hydrogen-bond acceptors (Lipinski definition) is 7. The van der Waals surface area contributed by atoms with Crippen LogP contribution < -0.4 is 20.9 Å². The lowest BCUT2D eigenvalue weighted by Gasteiger charge is -2.29. The van der Waals surface area contributed by atoms with Crippen molar-refractivity contribution in [2.24, 2.45) is 0 Å². The highest BCUT2D eigenvalue weighted by Crippen LogP contribution is 2.29. The van der Waals surface area contributed by atoms with Crippen LogP contribution in [-0.4, -0.2) is 54.2 Å². The van der Waals surface area contributed by atoms with E-state index in [2.05, 4.69) is 31.9 Å². The Kier molecular flexibility index (Phi) is 6.22. The first-order valence-corrected chi connectivity index (χ1v) is 11.3. The number of anilines is 3. The van der Waals surface area contributed by atoms with E-state index in [4.69, 9.17) is 9.97 Å². The van der Waals surface area contributed by atoms with E-state index >= 15 is 0 Å². The van der Waals surface area contributed by atoms with Gasteiger partial charge in [0.25, 0.3) is 0 Å². The Morgan fingerprint density at radius 3 is 2.72 bits per heavy atom. The molecule has 2 fully saturated rings. The average Bonchev–Trinajstić information content (AvgIpc) is 2.85. The van der Waals surface area contributed by atoms with Gasteiger partial charge in [-0.25, -0.2) is 14.4 Å². The van der Waals surface area contributed by atoms with E-state index in [-0.39, 0.29) is 11.7 Å². The summed E-state index contributed by atoms with van der Waals surface area (Å²) in [4.78, 5) is 16.6. The molecule has 0 bridgehead atoms. The number of piperazine rings is 1. The zero-order chi connectivity index (χ0) is 21.8. The number of rotatable bonds is 5. The number of nitrogens with one attached hydrogen (secondary N) is 3. The van der Waals surface area contributed by atoms with Gasteiger partial charge in [-0.3, -0.25) is 4.98 Å². The summed E-state index contributed by atoms with van der Waals surface area (Å²) in [6.45, 7) is 5.75. The third-order valence-corrected chi connectivity index (χ3v) is 6.00. The Bertz CT molecular complexity index is 1060. The Balaban J connectivity index is 1.50. The number of aromatic nitrogens is 3. The van der Waals surface area contributed by atoms with Gasteiger partial charge in [0.05, 0.1) is 17.6 Å². The highest BCUT2D eigenvalue weighted by atomic mass is 19.1. The number of halogens is 1. The molecule has 0 radical (unpaired) electrons. The average molecular weight is 434 g/mol. The minimum atomic E-state index is -0.283. The van der Waals surface area contributed by atoms with Crippen molar-refractivity contribution in [3.63, 3.8) is 0 Å². The molecule has 8 heteroatoms. The molecule has 3 aromatic rings. The Morgan fingerprint density at radius 2 is 1.91 bits per heavy atom. The van der Waals surface area contributed by atoms with Crippen molar-refractivity contribution >= 4 is 17.2 Å². The molecule has 4 heterocycles. The first-order chi connectivity index (χ1) is 15.7. The molecule has 32 heavy (non-hydrogen) atoms. The van der Waals surface area contributed by atoms with Crippen molar-refractivity contribution in [3.8, 4) is 11.3 Å². The zero-order valence-electron chi connectivity index (χ0n) is 18.0. The molecule has 7 nitrogen and oxygen atoms in total. The third-order valence-electron chi connectivity index (χ3n) is 6.00. The summed E-state index contributed by atoms with van der Waals surface area (Å²) < 4.78 is 13.7. The second kappa shape index (κ2) is 9.58. The minimum absolute atomic E-state index is 0.251. The molecule has 2 aliphatic heterocycles. The summed E-state index contributed by atoms with van der Waals surface area (Å²) in [6, 6.07) is 10.5. The fourth-order valence-electron chi connectivity index (χ4n) is 4.31. The monoisotopic (exact) mass is 433 g/mol. The van der Waals surface area contributed by atoms with Crippen LogP contribution in [0.25, 0.3) is 11.3 Å². The van der Waals surface area contributed by atoms with Gasteiger partial charge < -0.3 is 20.9 Å². The highest BCUT2D eigenvalue weighted by Gasteiger charge is 2.20. The number of piperidine rings is 1. The van der Waals surface area contributed by atoms with Crippen LogP contribution >= 0.6 is 0 Å². The molecule has 1 unspecified atom stereocenters. The van der Waals surface area contributed by atoms with Crippen molar-refractivity contribution in [2.75, 3.05) is 49.5 Å². The van der Waals surface area contributed by atoms with Crippen LogP contribution in [0.4, 0.5) is 21.6 Å². The molecule has 0 saturated carbocycles. The molecule has 1 aromatic carbocycles. The molecule has 0 amide bonds. The van der Waals surface area contributed by atoms with Crippen LogP contribution in [0, 0.1) is 5.82 Å². The quantitative estimate of drug-likeness (QED) is 0.570. The molecule has 166 valence electrons. The predicted molar refractivity (Wildman–Crippen MR) is 125 cm³/mol. The predicted octanol–water partition coefficient (Wildman–Crippen LogP) is 3.30. The first kappa shape index (κ1) is 20.8. The molecule has 3 N–H and O–H groups in total.